The summed E-state index contributed by atoms with van der Waals surface area (Å²) in [6.45, 7) is 7.86. The number of hydrogen-bond acceptors (Lipinski definition) is 4. The van der Waals surface area contributed by atoms with Gasteiger partial charge >= 0.3 is 0 Å². The normalized spacial score (nSPS) is 11.7. The number of aromatic nitrogens is 2. The van der Waals surface area contributed by atoms with E-state index in [0.29, 0.717) is 11.6 Å². The van der Waals surface area contributed by atoms with Crippen molar-refractivity contribution in [2.75, 3.05) is 5.32 Å². The van der Waals surface area contributed by atoms with Gasteiger partial charge in [-0.3, -0.25) is 4.79 Å². The third kappa shape index (κ3) is 4.70. The fourth-order valence-electron chi connectivity index (χ4n) is 2.83. The number of benzene rings is 2. The Morgan fingerprint density at radius 3 is 2.44 bits per heavy atom. The van der Waals surface area contributed by atoms with E-state index in [1.54, 1.807) is 6.07 Å². The summed E-state index contributed by atoms with van der Waals surface area (Å²) in [7, 11) is 0. The Morgan fingerprint density at radius 1 is 0.963 bits per heavy atom. The standard InChI is InChI=1S/C22H24N4O/c1-14-10-11-15(2)19(12-14)25-22-23-16(3)13-20(26-22)21(27)24-17(4)18-8-6-5-7-9-18/h5-13,17H,1-4H3,(H,24,27)(H,23,25,26). The van der Waals surface area contributed by atoms with Crippen molar-refractivity contribution in [3.8, 4) is 0 Å². The van der Waals surface area contributed by atoms with Crippen LogP contribution in [-0.2, 0) is 0 Å². The van der Waals surface area contributed by atoms with Crippen LogP contribution in [0.1, 0.15) is 45.8 Å². The van der Waals surface area contributed by atoms with Crippen molar-refractivity contribution >= 4 is 17.5 Å². The van der Waals surface area contributed by atoms with Crippen molar-refractivity contribution in [1.82, 2.24) is 15.3 Å². The second kappa shape index (κ2) is 7.99. The van der Waals surface area contributed by atoms with Crippen LogP contribution < -0.4 is 10.6 Å². The van der Waals surface area contributed by atoms with Crippen LogP contribution in [0.25, 0.3) is 0 Å². The summed E-state index contributed by atoms with van der Waals surface area (Å²) in [5.74, 6) is 0.196. The first-order valence-electron chi connectivity index (χ1n) is 8.98. The molecule has 1 atom stereocenters. The molecular weight excluding hydrogens is 336 g/mol. The Labute approximate surface area is 159 Å². The third-order valence-electron chi connectivity index (χ3n) is 4.37. The molecule has 5 heteroatoms. The third-order valence-corrected chi connectivity index (χ3v) is 4.37. The van der Waals surface area contributed by atoms with E-state index in [2.05, 4.69) is 26.7 Å². The molecule has 0 radical (unpaired) electrons. The average molecular weight is 360 g/mol. The van der Waals surface area contributed by atoms with Gasteiger partial charge in [-0.15, -0.1) is 0 Å². The highest BCUT2D eigenvalue weighted by Gasteiger charge is 2.15. The number of aryl methyl sites for hydroxylation is 3. The fraction of sp³-hybridized carbons (Fsp3) is 0.227. The molecule has 2 aromatic carbocycles. The lowest BCUT2D eigenvalue weighted by molar-refractivity contribution is 0.0934. The molecule has 3 rings (SSSR count). The largest absolute Gasteiger partial charge is 0.344 e. The molecule has 0 bridgehead atoms. The minimum atomic E-state index is -0.221. The van der Waals surface area contributed by atoms with Gasteiger partial charge in [-0.25, -0.2) is 9.97 Å². The summed E-state index contributed by atoms with van der Waals surface area (Å²) in [5.41, 5.74) is 5.29. The number of nitrogens with one attached hydrogen (secondary N) is 2. The van der Waals surface area contributed by atoms with Gasteiger partial charge in [0.1, 0.15) is 5.69 Å². The Hall–Kier alpha value is -3.21. The molecule has 0 saturated heterocycles. The predicted octanol–water partition coefficient (Wildman–Crippen LogP) is 4.64. The van der Waals surface area contributed by atoms with Crippen LogP contribution in [0, 0.1) is 20.8 Å². The summed E-state index contributed by atoms with van der Waals surface area (Å²) in [4.78, 5) is 21.5. The lowest BCUT2D eigenvalue weighted by Crippen LogP contribution is -2.27. The molecule has 27 heavy (non-hydrogen) atoms. The molecule has 0 aliphatic heterocycles. The molecule has 0 spiro atoms. The van der Waals surface area contributed by atoms with E-state index >= 15 is 0 Å². The molecule has 1 unspecified atom stereocenters. The van der Waals surface area contributed by atoms with Crippen LogP contribution >= 0.6 is 0 Å². The summed E-state index contributed by atoms with van der Waals surface area (Å²) < 4.78 is 0. The van der Waals surface area contributed by atoms with Crippen molar-refractivity contribution in [3.05, 3.63) is 82.7 Å². The zero-order valence-corrected chi connectivity index (χ0v) is 16.1. The highest BCUT2D eigenvalue weighted by atomic mass is 16.1. The number of carbonyl (C=O) groups excluding carboxylic acids is 1. The fourth-order valence-corrected chi connectivity index (χ4v) is 2.83. The maximum absolute atomic E-state index is 12.7. The first-order chi connectivity index (χ1) is 12.9. The van der Waals surface area contributed by atoms with Gasteiger partial charge in [0, 0.05) is 11.4 Å². The molecule has 0 aliphatic carbocycles. The Morgan fingerprint density at radius 2 is 1.70 bits per heavy atom. The highest BCUT2D eigenvalue weighted by Crippen LogP contribution is 2.20. The van der Waals surface area contributed by atoms with Crippen LogP contribution in [0.3, 0.4) is 0 Å². The molecule has 0 fully saturated rings. The lowest BCUT2D eigenvalue weighted by Gasteiger charge is -2.15. The number of amides is 1. The number of carbonyl (C=O) groups is 1. The lowest BCUT2D eigenvalue weighted by atomic mass is 10.1. The first kappa shape index (κ1) is 18.6. The maximum Gasteiger partial charge on any atom is 0.270 e. The van der Waals surface area contributed by atoms with E-state index in [9.17, 15) is 4.79 Å². The molecule has 3 aromatic rings. The number of anilines is 2. The zero-order valence-electron chi connectivity index (χ0n) is 16.1. The minimum absolute atomic E-state index is 0.107. The number of rotatable bonds is 5. The minimum Gasteiger partial charge on any atom is -0.344 e. The van der Waals surface area contributed by atoms with E-state index in [1.807, 2.05) is 70.2 Å². The maximum atomic E-state index is 12.7. The van der Waals surface area contributed by atoms with Gasteiger partial charge in [-0.2, -0.15) is 0 Å². The molecule has 1 heterocycles. The van der Waals surface area contributed by atoms with E-state index < -0.39 is 0 Å². The van der Waals surface area contributed by atoms with E-state index in [4.69, 9.17) is 0 Å². The van der Waals surface area contributed by atoms with Crippen LogP contribution in [0.15, 0.2) is 54.6 Å². The summed E-state index contributed by atoms with van der Waals surface area (Å²) in [5, 5.41) is 6.23. The van der Waals surface area contributed by atoms with Crippen LogP contribution in [0.4, 0.5) is 11.6 Å². The second-order valence-corrected chi connectivity index (χ2v) is 6.77. The molecule has 0 saturated carbocycles. The van der Waals surface area contributed by atoms with Gasteiger partial charge in [0.15, 0.2) is 0 Å². The Kier molecular flexibility index (Phi) is 5.50. The summed E-state index contributed by atoms with van der Waals surface area (Å²) in [6.07, 6.45) is 0. The van der Waals surface area contributed by atoms with Crippen LogP contribution in [0.2, 0.25) is 0 Å². The van der Waals surface area contributed by atoms with Crippen molar-refractivity contribution in [2.45, 2.75) is 33.7 Å². The predicted molar refractivity (Wildman–Crippen MR) is 108 cm³/mol. The number of nitrogens with zero attached hydrogens (tertiary/aromatic N) is 2. The molecular formula is C22H24N4O. The van der Waals surface area contributed by atoms with Gasteiger partial charge < -0.3 is 10.6 Å². The van der Waals surface area contributed by atoms with Gasteiger partial charge in [-0.05, 0) is 56.5 Å². The quantitative estimate of drug-likeness (QED) is 0.696. The highest BCUT2D eigenvalue weighted by molar-refractivity contribution is 5.93. The molecule has 138 valence electrons. The van der Waals surface area contributed by atoms with E-state index in [0.717, 1.165) is 28.1 Å². The summed E-state index contributed by atoms with van der Waals surface area (Å²) >= 11 is 0. The Bertz CT molecular complexity index is 954. The monoisotopic (exact) mass is 360 g/mol. The van der Waals surface area contributed by atoms with Crippen LogP contribution in [0.5, 0.6) is 0 Å². The van der Waals surface area contributed by atoms with Gasteiger partial charge in [0.25, 0.3) is 5.91 Å². The molecule has 5 nitrogen and oxygen atoms in total. The summed E-state index contributed by atoms with van der Waals surface area (Å²) in [6, 6.07) is 17.6. The van der Waals surface area contributed by atoms with Crippen molar-refractivity contribution < 1.29 is 4.79 Å². The molecule has 2 N–H and O–H groups in total. The average Bonchev–Trinajstić information content (AvgIpc) is 2.65. The SMILES string of the molecule is Cc1ccc(C)c(Nc2nc(C)cc(C(=O)NC(C)c3ccccc3)n2)c1. The molecule has 0 aliphatic rings. The van der Waals surface area contributed by atoms with Crippen LogP contribution in [-0.4, -0.2) is 15.9 Å². The van der Waals surface area contributed by atoms with E-state index in [1.165, 1.54) is 0 Å². The topological polar surface area (TPSA) is 66.9 Å². The first-order valence-corrected chi connectivity index (χ1v) is 8.98. The van der Waals surface area contributed by atoms with Gasteiger partial charge in [0.05, 0.1) is 6.04 Å². The van der Waals surface area contributed by atoms with E-state index in [-0.39, 0.29) is 11.9 Å². The molecule has 1 amide bonds. The van der Waals surface area contributed by atoms with Crippen molar-refractivity contribution in [1.29, 1.82) is 0 Å². The molecule has 1 aromatic heterocycles. The van der Waals surface area contributed by atoms with Gasteiger partial charge in [-0.1, -0.05) is 42.5 Å². The van der Waals surface area contributed by atoms with Crippen molar-refractivity contribution in [2.24, 2.45) is 0 Å². The zero-order chi connectivity index (χ0) is 19.4. The number of hydrogen-bond donors (Lipinski definition) is 2. The second-order valence-electron chi connectivity index (χ2n) is 6.77. The van der Waals surface area contributed by atoms with Gasteiger partial charge in [0.2, 0.25) is 5.95 Å². The smallest absolute Gasteiger partial charge is 0.270 e. The van der Waals surface area contributed by atoms with Crippen molar-refractivity contribution in [3.63, 3.8) is 0 Å². The Balaban J connectivity index is 1.80.